The first-order valence-electron chi connectivity index (χ1n) is 21.5. The van der Waals surface area contributed by atoms with E-state index in [4.69, 9.17) is 24.3 Å². The standard InChI is InChI=1S/C47H76NO9P/c1-3-5-7-9-11-13-14-15-16-17-18-19-20-21-22-24-26-30-35-39-47(51)57-45(43-56-58(52,53)55-41-40-48)42-54-46(50)38-34-31-27-29-33-37-44(49)36-32-28-25-23-12-10-8-6-4-2/h5,7,11-13,15-16,18-19,21-23,27-29,32-33,37,44-45,49H,3-4,6,8-10,14,17,20,24-26,30-31,34-36,38-43,48H2,1-2H3,(H,52,53)/b7-5-,13-11-,16-15-,19-18-,22-21-,23-12-,29-27+,32-28-,37-33-/t44?,45-/m1/s1. The van der Waals surface area contributed by atoms with Crippen molar-refractivity contribution in [1.29, 1.82) is 0 Å². The summed E-state index contributed by atoms with van der Waals surface area (Å²) in [7, 11) is -4.43. The van der Waals surface area contributed by atoms with Crippen molar-refractivity contribution in [2.24, 2.45) is 5.73 Å². The van der Waals surface area contributed by atoms with E-state index in [9.17, 15) is 24.2 Å². The van der Waals surface area contributed by atoms with Crippen LogP contribution in [0.3, 0.4) is 0 Å². The smallest absolute Gasteiger partial charge is 0.462 e. The van der Waals surface area contributed by atoms with E-state index in [2.05, 4.69) is 92.8 Å². The van der Waals surface area contributed by atoms with Crippen molar-refractivity contribution in [3.63, 3.8) is 0 Å². The summed E-state index contributed by atoms with van der Waals surface area (Å²) in [5.41, 5.74) is 5.33. The summed E-state index contributed by atoms with van der Waals surface area (Å²) in [5.74, 6) is -1.01. The fourth-order valence-corrected chi connectivity index (χ4v) is 5.79. The van der Waals surface area contributed by atoms with Crippen molar-refractivity contribution >= 4 is 19.8 Å². The van der Waals surface area contributed by atoms with Crippen molar-refractivity contribution < 1.29 is 42.7 Å². The number of ether oxygens (including phenoxy) is 2. The third-order valence-corrected chi connectivity index (χ3v) is 9.21. The molecule has 0 saturated heterocycles. The number of aliphatic hydroxyl groups is 1. The van der Waals surface area contributed by atoms with E-state index in [0.29, 0.717) is 25.7 Å². The molecule has 0 aliphatic rings. The zero-order valence-electron chi connectivity index (χ0n) is 35.6. The monoisotopic (exact) mass is 830 g/mol. The minimum absolute atomic E-state index is 0.0214. The molecule has 0 bridgehead atoms. The van der Waals surface area contributed by atoms with Gasteiger partial charge in [-0.3, -0.25) is 18.6 Å². The Balaban J connectivity index is 4.43. The maximum atomic E-state index is 12.6. The van der Waals surface area contributed by atoms with Crippen LogP contribution in [-0.2, 0) is 32.7 Å². The molecular weight excluding hydrogens is 753 g/mol. The van der Waals surface area contributed by atoms with E-state index in [1.165, 1.54) is 19.3 Å². The highest BCUT2D eigenvalue weighted by atomic mass is 31.2. The molecule has 0 radical (unpaired) electrons. The van der Waals surface area contributed by atoms with Crippen molar-refractivity contribution in [1.82, 2.24) is 0 Å². The number of hydrogen-bond donors (Lipinski definition) is 3. The van der Waals surface area contributed by atoms with E-state index in [1.54, 1.807) is 12.2 Å². The number of nitrogens with two attached hydrogens (primary N) is 1. The average molecular weight is 830 g/mol. The molecular formula is C47H76NO9P. The molecule has 0 fully saturated rings. The molecule has 10 nitrogen and oxygen atoms in total. The maximum absolute atomic E-state index is 12.6. The number of hydrogen-bond acceptors (Lipinski definition) is 9. The third kappa shape index (κ3) is 40.8. The van der Waals surface area contributed by atoms with Crippen LogP contribution in [0.25, 0.3) is 0 Å². The topological polar surface area (TPSA) is 155 Å². The molecule has 0 rings (SSSR count). The van der Waals surface area contributed by atoms with Gasteiger partial charge in [0.25, 0.3) is 0 Å². The van der Waals surface area contributed by atoms with Gasteiger partial charge in [0.2, 0.25) is 0 Å². The Hall–Kier alpha value is -3.37. The summed E-state index contributed by atoms with van der Waals surface area (Å²) in [6.45, 7) is 3.35. The molecule has 0 amide bonds. The lowest BCUT2D eigenvalue weighted by molar-refractivity contribution is -0.161. The number of phosphoric ester groups is 1. The molecule has 0 heterocycles. The van der Waals surface area contributed by atoms with Gasteiger partial charge in [0.15, 0.2) is 6.10 Å². The minimum atomic E-state index is -4.43. The number of rotatable bonds is 38. The molecule has 4 N–H and O–H groups in total. The normalized spacial score (nSPS) is 14.9. The second kappa shape index (κ2) is 41.8. The summed E-state index contributed by atoms with van der Waals surface area (Å²) in [6, 6.07) is 0. The highest BCUT2D eigenvalue weighted by molar-refractivity contribution is 7.47. The Morgan fingerprint density at radius 2 is 1.17 bits per heavy atom. The number of carbonyl (C=O) groups excluding carboxylic acids is 2. The Kier molecular flexibility index (Phi) is 39.4. The van der Waals surface area contributed by atoms with Crippen LogP contribution in [0.2, 0.25) is 0 Å². The molecule has 0 aliphatic heterocycles. The molecule has 0 saturated carbocycles. The first-order valence-corrected chi connectivity index (χ1v) is 23.0. The van der Waals surface area contributed by atoms with Crippen molar-refractivity contribution in [3.8, 4) is 0 Å². The number of unbranched alkanes of at least 4 members (excludes halogenated alkanes) is 7. The number of phosphoric acid groups is 1. The predicted octanol–water partition coefficient (Wildman–Crippen LogP) is 11.4. The summed E-state index contributed by atoms with van der Waals surface area (Å²) in [5, 5.41) is 10.1. The Labute approximate surface area is 351 Å². The van der Waals surface area contributed by atoms with Crippen LogP contribution in [0.15, 0.2) is 109 Å². The van der Waals surface area contributed by atoms with Gasteiger partial charge >= 0.3 is 19.8 Å². The first kappa shape index (κ1) is 54.6. The average Bonchev–Trinajstić information content (AvgIpc) is 3.21. The van der Waals surface area contributed by atoms with Crippen LogP contribution >= 0.6 is 7.82 Å². The van der Waals surface area contributed by atoms with Gasteiger partial charge in [0, 0.05) is 19.4 Å². The fourth-order valence-electron chi connectivity index (χ4n) is 5.03. The highest BCUT2D eigenvalue weighted by Gasteiger charge is 2.25. The zero-order valence-corrected chi connectivity index (χ0v) is 36.5. The van der Waals surface area contributed by atoms with E-state index in [-0.39, 0.29) is 32.6 Å². The van der Waals surface area contributed by atoms with Crippen LogP contribution < -0.4 is 5.73 Å². The summed E-state index contributed by atoms with van der Waals surface area (Å²) in [6.07, 6.45) is 51.5. The van der Waals surface area contributed by atoms with Crippen molar-refractivity contribution in [2.45, 2.75) is 148 Å². The SMILES string of the molecule is CC/C=C\C/C=C\C/C=C\C/C=C\C/C=C\CCCCCC(=O)O[C@H](COC(=O)CCC/C=C/C=C\C(O)C/C=C\C/C=C\CCCCC)COP(=O)(O)OCCN. The van der Waals surface area contributed by atoms with Crippen LogP contribution in [0.4, 0.5) is 0 Å². The van der Waals surface area contributed by atoms with Crippen LogP contribution in [0.1, 0.15) is 136 Å². The van der Waals surface area contributed by atoms with E-state index >= 15 is 0 Å². The summed E-state index contributed by atoms with van der Waals surface area (Å²) >= 11 is 0. The predicted molar refractivity (Wildman–Crippen MR) is 239 cm³/mol. The van der Waals surface area contributed by atoms with Gasteiger partial charge in [-0.2, -0.15) is 0 Å². The van der Waals surface area contributed by atoms with E-state index in [1.807, 2.05) is 18.2 Å². The molecule has 0 aromatic rings. The molecule has 0 aliphatic carbocycles. The van der Waals surface area contributed by atoms with Gasteiger partial charge in [-0.25, -0.2) is 4.57 Å². The Morgan fingerprint density at radius 3 is 1.78 bits per heavy atom. The number of allylic oxidation sites excluding steroid dienone is 16. The van der Waals surface area contributed by atoms with Gasteiger partial charge in [-0.05, 0) is 89.9 Å². The molecule has 328 valence electrons. The first-order chi connectivity index (χ1) is 28.2. The van der Waals surface area contributed by atoms with Crippen molar-refractivity contribution in [3.05, 3.63) is 109 Å². The largest absolute Gasteiger partial charge is 0.472 e. The van der Waals surface area contributed by atoms with Crippen molar-refractivity contribution in [2.75, 3.05) is 26.4 Å². The van der Waals surface area contributed by atoms with Gasteiger partial charge in [-0.1, -0.05) is 142 Å². The number of carbonyl (C=O) groups is 2. The van der Waals surface area contributed by atoms with E-state index < -0.39 is 38.6 Å². The molecule has 11 heteroatoms. The fraction of sp³-hybridized carbons (Fsp3) is 0.574. The molecule has 0 aromatic heterocycles. The quantitative estimate of drug-likeness (QED) is 0.0180. The van der Waals surface area contributed by atoms with Gasteiger partial charge in [0.05, 0.1) is 19.3 Å². The Bertz CT molecular complexity index is 1330. The molecule has 3 atom stereocenters. The summed E-state index contributed by atoms with van der Waals surface area (Å²) < 4.78 is 32.6. The van der Waals surface area contributed by atoms with E-state index in [0.717, 1.165) is 64.2 Å². The maximum Gasteiger partial charge on any atom is 0.472 e. The lowest BCUT2D eigenvalue weighted by atomic mass is 10.1. The number of esters is 2. The zero-order chi connectivity index (χ0) is 42.6. The lowest BCUT2D eigenvalue weighted by Crippen LogP contribution is -2.29. The van der Waals surface area contributed by atoms with Gasteiger partial charge in [0.1, 0.15) is 6.61 Å². The molecule has 0 aromatic carbocycles. The second-order valence-corrected chi connectivity index (χ2v) is 15.1. The highest BCUT2D eigenvalue weighted by Crippen LogP contribution is 2.43. The second-order valence-electron chi connectivity index (χ2n) is 13.7. The van der Waals surface area contributed by atoms with Crippen LogP contribution in [0.5, 0.6) is 0 Å². The number of aliphatic hydroxyl groups excluding tert-OH is 1. The third-order valence-electron chi connectivity index (χ3n) is 8.22. The van der Waals surface area contributed by atoms with Crippen LogP contribution in [-0.4, -0.2) is 60.5 Å². The minimum Gasteiger partial charge on any atom is -0.462 e. The Morgan fingerprint density at radius 1 is 0.621 bits per heavy atom. The lowest BCUT2D eigenvalue weighted by Gasteiger charge is -2.19. The summed E-state index contributed by atoms with van der Waals surface area (Å²) in [4.78, 5) is 34.9. The molecule has 0 spiro atoms. The van der Waals surface area contributed by atoms with Gasteiger partial charge in [-0.15, -0.1) is 0 Å². The molecule has 2 unspecified atom stereocenters. The van der Waals surface area contributed by atoms with Gasteiger partial charge < -0.3 is 25.2 Å². The van der Waals surface area contributed by atoms with Crippen LogP contribution in [0, 0.1) is 0 Å². The molecule has 58 heavy (non-hydrogen) atoms.